The molecule has 2 heterocycles. The third-order valence-electron chi connectivity index (χ3n) is 2.92. The van der Waals surface area contributed by atoms with E-state index in [2.05, 4.69) is 15.0 Å². The molecule has 0 aromatic carbocycles. The molecule has 1 atom stereocenters. The Morgan fingerprint density at radius 3 is 3.00 bits per heavy atom. The first-order chi connectivity index (χ1) is 7.77. The summed E-state index contributed by atoms with van der Waals surface area (Å²) in [5.41, 5.74) is 1.20. The predicted octanol–water partition coefficient (Wildman–Crippen LogP) is 1.77. The molecule has 16 heavy (non-hydrogen) atoms. The second kappa shape index (κ2) is 3.52. The SMILES string of the molecule is O=C1CCCC1n1cnc2c(Cl)ncnc21. The predicted molar refractivity (Wildman–Crippen MR) is 58.2 cm³/mol. The highest BCUT2D eigenvalue weighted by atomic mass is 35.5. The van der Waals surface area contributed by atoms with Crippen LogP contribution in [0.15, 0.2) is 12.7 Å². The molecule has 0 spiro atoms. The van der Waals surface area contributed by atoms with Crippen LogP contribution in [0.25, 0.3) is 11.2 Å². The van der Waals surface area contributed by atoms with E-state index < -0.39 is 0 Å². The summed E-state index contributed by atoms with van der Waals surface area (Å²) in [5.74, 6) is 0.244. The minimum absolute atomic E-state index is 0.129. The molecular formula is C10H9ClN4O. The number of aromatic nitrogens is 4. The maximum absolute atomic E-state index is 11.7. The fourth-order valence-corrected chi connectivity index (χ4v) is 2.32. The molecule has 82 valence electrons. The maximum atomic E-state index is 11.7. The monoisotopic (exact) mass is 236 g/mol. The second-order valence-electron chi connectivity index (χ2n) is 3.86. The van der Waals surface area contributed by atoms with Crippen LogP contribution in [0, 0.1) is 0 Å². The van der Waals surface area contributed by atoms with E-state index in [1.165, 1.54) is 6.33 Å². The first-order valence-electron chi connectivity index (χ1n) is 5.13. The van der Waals surface area contributed by atoms with E-state index in [-0.39, 0.29) is 11.8 Å². The highest BCUT2D eigenvalue weighted by molar-refractivity contribution is 6.33. The average Bonchev–Trinajstić information content (AvgIpc) is 2.84. The number of carbonyl (C=O) groups is 1. The van der Waals surface area contributed by atoms with Gasteiger partial charge in [-0.2, -0.15) is 0 Å². The summed E-state index contributed by atoms with van der Waals surface area (Å²) in [7, 11) is 0. The Morgan fingerprint density at radius 1 is 1.38 bits per heavy atom. The van der Waals surface area contributed by atoms with Gasteiger partial charge in [0.05, 0.1) is 12.4 Å². The molecule has 1 unspecified atom stereocenters. The lowest BCUT2D eigenvalue weighted by molar-refractivity contribution is -0.120. The Hall–Kier alpha value is -1.49. The van der Waals surface area contributed by atoms with Crippen LogP contribution in [0.4, 0.5) is 0 Å². The zero-order chi connectivity index (χ0) is 11.1. The van der Waals surface area contributed by atoms with E-state index >= 15 is 0 Å². The number of carbonyl (C=O) groups excluding carboxylic acids is 1. The minimum Gasteiger partial charge on any atom is -0.304 e. The van der Waals surface area contributed by atoms with Crippen molar-refractivity contribution in [3.63, 3.8) is 0 Å². The summed E-state index contributed by atoms with van der Waals surface area (Å²) in [5, 5.41) is 0.328. The van der Waals surface area contributed by atoms with Gasteiger partial charge in [-0.25, -0.2) is 15.0 Å². The fraction of sp³-hybridized carbons (Fsp3) is 0.400. The van der Waals surface area contributed by atoms with Gasteiger partial charge < -0.3 is 4.57 Å². The molecule has 6 heteroatoms. The standard InChI is InChI=1S/C10H9ClN4O/c11-9-8-10(13-4-12-9)15(5-14-8)6-2-1-3-7(6)16/h4-6H,1-3H2. The number of fused-ring (bicyclic) bond motifs is 1. The van der Waals surface area contributed by atoms with E-state index in [1.807, 2.05) is 0 Å². The molecular weight excluding hydrogens is 228 g/mol. The molecule has 0 bridgehead atoms. The summed E-state index contributed by atoms with van der Waals surface area (Å²) >= 11 is 5.90. The third kappa shape index (κ3) is 1.31. The van der Waals surface area contributed by atoms with Crippen LogP contribution in [-0.4, -0.2) is 25.3 Å². The van der Waals surface area contributed by atoms with Crippen LogP contribution in [0.1, 0.15) is 25.3 Å². The molecule has 0 N–H and O–H groups in total. The van der Waals surface area contributed by atoms with E-state index in [0.717, 1.165) is 12.8 Å². The molecule has 5 nitrogen and oxygen atoms in total. The molecule has 0 saturated heterocycles. The topological polar surface area (TPSA) is 60.7 Å². The normalized spacial score (nSPS) is 20.8. The Balaban J connectivity index is 2.17. The Bertz CT molecular complexity index is 565. The first-order valence-corrected chi connectivity index (χ1v) is 5.51. The van der Waals surface area contributed by atoms with E-state index in [1.54, 1.807) is 10.9 Å². The third-order valence-corrected chi connectivity index (χ3v) is 3.20. The van der Waals surface area contributed by atoms with Crippen LogP contribution in [-0.2, 0) is 4.79 Å². The minimum atomic E-state index is -0.129. The summed E-state index contributed by atoms with van der Waals surface area (Å²) in [6.45, 7) is 0. The highest BCUT2D eigenvalue weighted by Crippen LogP contribution is 2.29. The molecule has 1 aliphatic carbocycles. The van der Waals surface area contributed by atoms with Gasteiger partial charge in [0.15, 0.2) is 16.6 Å². The van der Waals surface area contributed by atoms with Crippen molar-refractivity contribution >= 4 is 28.5 Å². The van der Waals surface area contributed by atoms with Crippen molar-refractivity contribution in [2.24, 2.45) is 0 Å². The van der Waals surface area contributed by atoms with E-state index in [9.17, 15) is 4.79 Å². The number of hydrogen-bond acceptors (Lipinski definition) is 4. The number of halogens is 1. The second-order valence-corrected chi connectivity index (χ2v) is 4.22. The summed E-state index contributed by atoms with van der Waals surface area (Å²) in [6, 6.07) is -0.129. The van der Waals surface area contributed by atoms with Crippen LogP contribution in [0.5, 0.6) is 0 Å². The summed E-state index contributed by atoms with van der Waals surface area (Å²) in [4.78, 5) is 23.8. The lowest BCUT2D eigenvalue weighted by Crippen LogP contribution is -2.12. The zero-order valence-electron chi connectivity index (χ0n) is 8.43. The molecule has 2 aromatic rings. The number of rotatable bonds is 1. The summed E-state index contributed by atoms with van der Waals surface area (Å²) < 4.78 is 1.80. The Morgan fingerprint density at radius 2 is 2.25 bits per heavy atom. The lowest BCUT2D eigenvalue weighted by atomic mass is 10.2. The van der Waals surface area contributed by atoms with Gasteiger partial charge in [-0.05, 0) is 12.8 Å². The van der Waals surface area contributed by atoms with Crippen molar-refractivity contribution in [3.8, 4) is 0 Å². The molecule has 1 fully saturated rings. The zero-order valence-corrected chi connectivity index (χ0v) is 9.18. The van der Waals surface area contributed by atoms with Gasteiger partial charge in [-0.1, -0.05) is 11.6 Å². The number of ketones is 1. The summed E-state index contributed by atoms with van der Waals surface area (Å²) in [6.07, 6.45) is 5.44. The van der Waals surface area contributed by atoms with Crippen LogP contribution < -0.4 is 0 Å². The van der Waals surface area contributed by atoms with Gasteiger partial charge in [-0.15, -0.1) is 0 Å². The van der Waals surface area contributed by atoms with Crippen molar-refractivity contribution in [1.82, 2.24) is 19.5 Å². The number of imidazole rings is 1. The number of Topliss-reactive ketones (excluding diaryl/α,β-unsaturated/α-hetero) is 1. The molecule has 2 aromatic heterocycles. The maximum Gasteiger partial charge on any atom is 0.165 e. The Labute approximate surface area is 96.5 Å². The van der Waals surface area contributed by atoms with Crippen molar-refractivity contribution < 1.29 is 4.79 Å². The highest BCUT2D eigenvalue weighted by Gasteiger charge is 2.27. The van der Waals surface area contributed by atoms with Crippen molar-refractivity contribution in [1.29, 1.82) is 0 Å². The molecule has 1 aliphatic rings. The number of hydrogen-bond donors (Lipinski definition) is 0. The van der Waals surface area contributed by atoms with Gasteiger partial charge in [0, 0.05) is 6.42 Å². The first kappa shape index (κ1) is 9.72. The molecule has 0 amide bonds. The van der Waals surface area contributed by atoms with Crippen molar-refractivity contribution in [2.45, 2.75) is 25.3 Å². The largest absolute Gasteiger partial charge is 0.304 e. The van der Waals surface area contributed by atoms with Gasteiger partial charge >= 0.3 is 0 Å². The quantitative estimate of drug-likeness (QED) is 0.708. The van der Waals surface area contributed by atoms with Gasteiger partial charge in [0.1, 0.15) is 11.8 Å². The average molecular weight is 237 g/mol. The van der Waals surface area contributed by atoms with E-state index in [4.69, 9.17) is 11.6 Å². The van der Waals surface area contributed by atoms with Gasteiger partial charge in [0.2, 0.25) is 0 Å². The lowest BCUT2D eigenvalue weighted by Gasteiger charge is -2.09. The van der Waals surface area contributed by atoms with Crippen molar-refractivity contribution in [3.05, 3.63) is 17.8 Å². The van der Waals surface area contributed by atoms with E-state index in [0.29, 0.717) is 22.7 Å². The molecule has 0 radical (unpaired) electrons. The Kier molecular flexibility index (Phi) is 2.14. The van der Waals surface area contributed by atoms with Crippen LogP contribution >= 0.6 is 11.6 Å². The van der Waals surface area contributed by atoms with Gasteiger partial charge in [0.25, 0.3) is 0 Å². The fourth-order valence-electron chi connectivity index (χ4n) is 2.14. The van der Waals surface area contributed by atoms with Gasteiger partial charge in [-0.3, -0.25) is 4.79 Å². The number of nitrogens with zero attached hydrogens (tertiary/aromatic N) is 4. The molecule has 3 rings (SSSR count). The molecule has 0 aliphatic heterocycles. The van der Waals surface area contributed by atoms with Crippen LogP contribution in [0.3, 0.4) is 0 Å². The smallest absolute Gasteiger partial charge is 0.165 e. The van der Waals surface area contributed by atoms with Crippen LogP contribution in [0.2, 0.25) is 5.15 Å². The van der Waals surface area contributed by atoms with Crippen molar-refractivity contribution in [2.75, 3.05) is 0 Å². The molecule has 1 saturated carbocycles.